The van der Waals surface area contributed by atoms with Gasteiger partial charge in [-0.25, -0.2) is 4.98 Å². The summed E-state index contributed by atoms with van der Waals surface area (Å²) in [4.78, 5) is 32.8. The van der Waals surface area contributed by atoms with Gasteiger partial charge in [-0.15, -0.1) is 0 Å². The van der Waals surface area contributed by atoms with Crippen molar-refractivity contribution in [1.82, 2.24) is 14.5 Å². The van der Waals surface area contributed by atoms with Gasteiger partial charge in [-0.05, 0) is 62.1 Å². The van der Waals surface area contributed by atoms with Gasteiger partial charge in [0.1, 0.15) is 5.75 Å². The number of rotatable bonds is 5. The zero-order valence-electron chi connectivity index (χ0n) is 17.6. The zero-order chi connectivity index (χ0) is 22.0. The molecule has 3 aromatic rings. The van der Waals surface area contributed by atoms with Gasteiger partial charge in [-0.1, -0.05) is 29.4 Å². The minimum absolute atomic E-state index is 0.0629. The average Bonchev–Trinajstić information content (AvgIpc) is 2.78. The number of hydrogen-bond acceptors (Lipinski definition) is 5. The van der Waals surface area contributed by atoms with Crippen LogP contribution in [-0.4, -0.2) is 46.3 Å². The molecule has 6 nitrogen and oxygen atoms in total. The summed E-state index contributed by atoms with van der Waals surface area (Å²) >= 11 is 7.41. The molecule has 0 bridgehead atoms. The Balaban J connectivity index is 1.81. The molecule has 1 saturated heterocycles. The van der Waals surface area contributed by atoms with Crippen molar-refractivity contribution in [2.75, 3.05) is 26.0 Å². The number of fused-ring (bicyclic) bond motifs is 1. The zero-order valence-corrected chi connectivity index (χ0v) is 19.1. The van der Waals surface area contributed by atoms with Crippen LogP contribution >= 0.6 is 23.4 Å². The Morgan fingerprint density at radius 3 is 2.68 bits per heavy atom. The molecule has 1 aromatic heterocycles. The normalized spacial score (nSPS) is 14.1. The first-order valence-electron chi connectivity index (χ1n) is 10.3. The number of thioether (sulfide) groups is 1. The maximum Gasteiger partial charge on any atom is 0.266 e. The Morgan fingerprint density at radius 2 is 1.94 bits per heavy atom. The molecule has 31 heavy (non-hydrogen) atoms. The summed E-state index contributed by atoms with van der Waals surface area (Å²) < 4.78 is 7.06. The molecule has 1 aliphatic rings. The van der Waals surface area contributed by atoms with Crippen LogP contribution in [0.4, 0.5) is 0 Å². The fraction of sp³-hybridized carbons (Fsp3) is 0.348. The third-order valence-electron chi connectivity index (χ3n) is 5.41. The van der Waals surface area contributed by atoms with Crippen LogP contribution in [0.1, 0.15) is 24.8 Å². The van der Waals surface area contributed by atoms with Crippen LogP contribution in [0.3, 0.4) is 0 Å². The van der Waals surface area contributed by atoms with Gasteiger partial charge in [0.05, 0.1) is 29.5 Å². The molecule has 1 fully saturated rings. The number of likely N-dealkylation sites (tertiary alicyclic amines) is 1. The summed E-state index contributed by atoms with van der Waals surface area (Å²) in [6, 6.07) is 10.7. The molecule has 162 valence electrons. The second-order valence-corrected chi connectivity index (χ2v) is 8.98. The van der Waals surface area contributed by atoms with Crippen LogP contribution in [0.25, 0.3) is 16.6 Å². The number of halogens is 1. The number of carbonyl (C=O) groups excluding carboxylic acids is 1. The van der Waals surface area contributed by atoms with Crippen molar-refractivity contribution in [3.8, 4) is 11.4 Å². The van der Waals surface area contributed by atoms with Crippen LogP contribution < -0.4 is 10.3 Å². The van der Waals surface area contributed by atoms with Crippen molar-refractivity contribution in [2.45, 2.75) is 31.3 Å². The fourth-order valence-electron chi connectivity index (χ4n) is 3.78. The molecule has 0 spiro atoms. The molecule has 4 rings (SSSR count). The van der Waals surface area contributed by atoms with Crippen molar-refractivity contribution in [2.24, 2.45) is 0 Å². The van der Waals surface area contributed by atoms with E-state index in [0.29, 0.717) is 32.5 Å². The van der Waals surface area contributed by atoms with Crippen molar-refractivity contribution >= 4 is 40.2 Å². The van der Waals surface area contributed by atoms with Crippen LogP contribution in [0.5, 0.6) is 5.75 Å². The number of methoxy groups -OCH3 is 1. The third-order valence-corrected chi connectivity index (χ3v) is 6.57. The van der Waals surface area contributed by atoms with E-state index in [2.05, 4.69) is 0 Å². The molecule has 8 heteroatoms. The number of ether oxygens (including phenoxy) is 1. The van der Waals surface area contributed by atoms with Gasteiger partial charge >= 0.3 is 0 Å². The van der Waals surface area contributed by atoms with Gasteiger partial charge < -0.3 is 9.64 Å². The molecule has 0 saturated carbocycles. The Kier molecular flexibility index (Phi) is 6.53. The minimum Gasteiger partial charge on any atom is -0.495 e. The second kappa shape index (κ2) is 9.32. The Hall–Kier alpha value is -2.51. The maximum absolute atomic E-state index is 13.5. The molecule has 0 radical (unpaired) electrons. The number of hydrogen-bond donors (Lipinski definition) is 0. The van der Waals surface area contributed by atoms with E-state index in [1.165, 1.54) is 16.3 Å². The summed E-state index contributed by atoms with van der Waals surface area (Å²) in [7, 11) is 1.57. The molecule has 0 aliphatic carbocycles. The predicted molar refractivity (Wildman–Crippen MR) is 125 cm³/mol. The summed E-state index contributed by atoms with van der Waals surface area (Å²) in [6.45, 7) is 3.53. The summed E-state index contributed by atoms with van der Waals surface area (Å²) in [5, 5.41) is 1.40. The Morgan fingerprint density at radius 1 is 1.16 bits per heavy atom. The molecular formula is C23H24ClN3O3S. The smallest absolute Gasteiger partial charge is 0.266 e. The lowest BCUT2D eigenvalue weighted by Gasteiger charge is -2.26. The maximum atomic E-state index is 13.5. The molecule has 1 amide bonds. The van der Waals surface area contributed by atoms with Crippen molar-refractivity contribution in [1.29, 1.82) is 0 Å². The van der Waals surface area contributed by atoms with Gasteiger partial charge in [0.25, 0.3) is 5.56 Å². The van der Waals surface area contributed by atoms with E-state index in [9.17, 15) is 9.59 Å². The monoisotopic (exact) mass is 457 g/mol. The number of aryl methyl sites for hydroxylation is 1. The summed E-state index contributed by atoms with van der Waals surface area (Å²) in [6.07, 6.45) is 3.24. The van der Waals surface area contributed by atoms with Gasteiger partial charge in [0.2, 0.25) is 5.91 Å². The highest BCUT2D eigenvalue weighted by Crippen LogP contribution is 2.29. The molecule has 0 N–H and O–H groups in total. The van der Waals surface area contributed by atoms with E-state index in [0.717, 1.165) is 37.9 Å². The van der Waals surface area contributed by atoms with E-state index in [4.69, 9.17) is 21.3 Å². The van der Waals surface area contributed by atoms with E-state index in [-0.39, 0.29) is 17.2 Å². The van der Waals surface area contributed by atoms with E-state index >= 15 is 0 Å². The Bertz CT molecular complexity index is 1190. The van der Waals surface area contributed by atoms with Gasteiger partial charge in [-0.3, -0.25) is 14.2 Å². The van der Waals surface area contributed by atoms with Gasteiger partial charge in [0, 0.05) is 18.1 Å². The fourth-order valence-corrected chi connectivity index (χ4v) is 4.86. The van der Waals surface area contributed by atoms with E-state index in [1.54, 1.807) is 25.3 Å². The molecule has 0 unspecified atom stereocenters. The van der Waals surface area contributed by atoms with Crippen LogP contribution in [-0.2, 0) is 4.79 Å². The van der Waals surface area contributed by atoms with Gasteiger partial charge in [0.15, 0.2) is 5.16 Å². The standard InChI is InChI=1S/C23H24ClN3O3S/c1-15-6-9-20(30-2)19(12-15)27-22(29)17-8-7-16(24)13-18(17)25-23(27)31-14-21(28)26-10-4-3-5-11-26/h6-9,12-13H,3-5,10-11,14H2,1-2H3. The molecule has 1 aliphatic heterocycles. The summed E-state index contributed by atoms with van der Waals surface area (Å²) in [5.74, 6) is 0.840. The first kappa shape index (κ1) is 21.7. The molecule has 0 atom stereocenters. The highest BCUT2D eigenvalue weighted by molar-refractivity contribution is 7.99. The number of carbonyl (C=O) groups is 1. The van der Waals surface area contributed by atoms with Crippen molar-refractivity contribution in [3.05, 3.63) is 57.3 Å². The van der Waals surface area contributed by atoms with Crippen LogP contribution in [0, 0.1) is 6.92 Å². The van der Waals surface area contributed by atoms with E-state index < -0.39 is 0 Å². The first-order chi connectivity index (χ1) is 15.0. The van der Waals surface area contributed by atoms with Crippen molar-refractivity contribution < 1.29 is 9.53 Å². The third kappa shape index (κ3) is 4.57. The number of benzene rings is 2. The number of piperidine rings is 1. The summed E-state index contributed by atoms with van der Waals surface area (Å²) in [5.41, 5.74) is 1.87. The quantitative estimate of drug-likeness (QED) is 0.418. The largest absolute Gasteiger partial charge is 0.495 e. The lowest BCUT2D eigenvalue weighted by molar-refractivity contribution is -0.129. The number of nitrogens with zero attached hydrogens (tertiary/aromatic N) is 3. The highest BCUT2D eigenvalue weighted by Gasteiger charge is 2.21. The Labute approximate surface area is 190 Å². The topological polar surface area (TPSA) is 64.4 Å². The number of aromatic nitrogens is 2. The second-order valence-electron chi connectivity index (χ2n) is 7.60. The average molecular weight is 458 g/mol. The van der Waals surface area contributed by atoms with Gasteiger partial charge in [-0.2, -0.15) is 0 Å². The van der Waals surface area contributed by atoms with Crippen LogP contribution in [0.2, 0.25) is 5.02 Å². The first-order valence-corrected chi connectivity index (χ1v) is 11.6. The van der Waals surface area contributed by atoms with E-state index in [1.807, 2.05) is 30.0 Å². The van der Waals surface area contributed by atoms with Crippen molar-refractivity contribution in [3.63, 3.8) is 0 Å². The lowest BCUT2D eigenvalue weighted by Crippen LogP contribution is -2.36. The minimum atomic E-state index is -0.224. The predicted octanol–water partition coefficient (Wildman–Crippen LogP) is 4.46. The molecular weight excluding hydrogens is 434 g/mol. The van der Waals surface area contributed by atoms with Crippen LogP contribution in [0.15, 0.2) is 46.3 Å². The molecule has 2 heterocycles. The highest BCUT2D eigenvalue weighted by atomic mass is 35.5. The SMILES string of the molecule is COc1ccc(C)cc1-n1c(SCC(=O)N2CCCCC2)nc2cc(Cl)ccc2c1=O. The lowest BCUT2D eigenvalue weighted by atomic mass is 10.1. The molecule has 2 aromatic carbocycles. The number of amides is 1.